The fraction of sp³-hybridized carbons (Fsp3) is 0.235. The van der Waals surface area contributed by atoms with Crippen molar-refractivity contribution in [1.29, 1.82) is 0 Å². The van der Waals surface area contributed by atoms with Crippen LogP contribution in [0.2, 0.25) is 5.15 Å². The highest BCUT2D eigenvalue weighted by molar-refractivity contribution is 6.34. The van der Waals surface area contributed by atoms with Gasteiger partial charge in [0, 0.05) is 36.4 Å². The number of fused-ring (bicyclic) bond motifs is 1. The molecule has 1 saturated heterocycles. The average Bonchev–Trinajstić information content (AvgIpc) is 2.63. The topological polar surface area (TPSA) is 51.1 Å². The van der Waals surface area contributed by atoms with Crippen LogP contribution in [0.3, 0.4) is 0 Å². The minimum absolute atomic E-state index is 0.506. The highest BCUT2D eigenvalue weighted by Crippen LogP contribution is 2.30. The number of hydrogen-bond donors (Lipinski definition) is 0. The maximum atomic E-state index is 6.20. The molecule has 1 aliphatic rings. The summed E-state index contributed by atoms with van der Waals surface area (Å²) in [6, 6.07) is 9.86. The molecule has 1 aliphatic heterocycles. The van der Waals surface area contributed by atoms with E-state index in [1.54, 1.807) is 12.4 Å². The zero-order valence-corrected chi connectivity index (χ0v) is 13.2. The second-order valence-corrected chi connectivity index (χ2v) is 5.71. The number of pyridine rings is 1. The van der Waals surface area contributed by atoms with Crippen molar-refractivity contribution in [2.24, 2.45) is 0 Å². The van der Waals surface area contributed by atoms with E-state index in [0.29, 0.717) is 18.4 Å². The zero-order valence-electron chi connectivity index (χ0n) is 12.4. The smallest absolute Gasteiger partial charge is 0.226 e. The Bertz CT molecular complexity index is 849. The van der Waals surface area contributed by atoms with Crippen LogP contribution < -0.4 is 4.90 Å². The SMILES string of the molecule is Clc1ncc(-c2ccnc(N3CCOCC3)n2)c2ccccc12. The van der Waals surface area contributed by atoms with Crippen molar-refractivity contribution in [2.75, 3.05) is 31.2 Å². The van der Waals surface area contributed by atoms with Crippen LogP contribution in [0, 0.1) is 0 Å². The Hall–Kier alpha value is -2.24. The molecule has 2 aromatic heterocycles. The third-order valence-corrected chi connectivity index (χ3v) is 4.26. The highest BCUT2D eigenvalue weighted by Gasteiger charge is 2.15. The van der Waals surface area contributed by atoms with E-state index in [2.05, 4.69) is 14.9 Å². The molecule has 0 radical (unpaired) electrons. The first-order chi connectivity index (χ1) is 11.3. The summed E-state index contributed by atoms with van der Waals surface area (Å²) < 4.78 is 5.39. The summed E-state index contributed by atoms with van der Waals surface area (Å²) in [6.07, 6.45) is 3.56. The van der Waals surface area contributed by atoms with Crippen LogP contribution in [0.15, 0.2) is 42.7 Å². The number of nitrogens with zero attached hydrogens (tertiary/aromatic N) is 4. The zero-order chi connectivity index (χ0) is 15.6. The van der Waals surface area contributed by atoms with Gasteiger partial charge in [0.15, 0.2) is 0 Å². The van der Waals surface area contributed by atoms with Gasteiger partial charge in [-0.1, -0.05) is 35.9 Å². The van der Waals surface area contributed by atoms with Crippen molar-refractivity contribution in [3.63, 3.8) is 0 Å². The van der Waals surface area contributed by atoms with E-state index < -0.39 is 0 Å². The Morgan fingerprint density at radius 3 is 2.61 bits per heavy atom. The van der Waals surface area contributed by atoms with E-state index in [-0.39, 0.29) is 0 Å². The minimum atomic E-state index is 0.506. The van der Waals surface area contributed by atoms with Crippen LogP contribution in [0.5, 0.6) is 0 Å². The Morgan fingerprint density at radius 1 is 1.00 bits per heavy atom. The van der Waals surface area contributed by atoms with Crippen molar-refractivity contribution in [2.45, 2.75) is 0 Å². The van der Waals surface area contributed by atoms with Crippen molar-refractivity contribution in [1.82, 2.24) is 15.0 Å². The molecule has 0 bridgehead atoms. The highest BCUT2D eigenvalue weighted by atomic mass is 35.5. The minimum Gasteiger partial charge on any atom is -0.378 e. The van der Waals surface area contributed by atoms with Crippen molar-refractivity contribution in [3.05, 3.63) is 47.9 Å². The van der Waals surface area contributed by atoms with Crippen LogP contribution >= 0.6 is 11.6 Å². The van der Waals surface area contributed by atoms with Gasteiger partial charge in [-0.05, 0) is 11.5 Å². The van der Waals surface area contributed by atoms with E-state index in [9.17, 15) is 0 Å². The molecule has 0 unspecified atom stereocenters. The molecule has 0 saturated carbocycles. The van der Waals surface area contributed by atoms with Gasteiger partial charge in [-0.15, -0.1) is 0 Å². The van der Waals surface area contributed by atoms with E-state index in [1.165, 1.54) is 0 Å². The molecule has 0 N–H and O–H groups in total. The summed E-state index contributed by atoms with van der Waals surface area (Å²) in [5, 5.41) is 2.48. The summed E-state index contributed by atoms with van der Waals surface area (Å²) in [5.74, 6) is 0.727. The maximum absolute atomic E-state index is 6.20. The second-order valence-electron chi connectivity index (χ2n) is 5.35. The third-order valence-electron chi connectivity index (χ3n) is 3.96. The third kappa shape index (κ3) is 2.73. The van der Waals surface area contributed by atoms with Gasteiger partial charge in [-0.25, -0.2) is 15.0 Å². The molecule has 1 fully saturated rings. The van der Waals surface area contributed by atoms with Crippen molar-refractivity contribution in [3.8, 4) is 11.3 Å². The number of ether oxygens (including phenoxy) is 1. The van der Waals surface area contributed by atoms with Gasteiger partial charge in [-0.3, -0.25) is 0 Å². The van der Waals surface area contributed by atoms with Gasteiger partial charge in [-0.2, -0.15) is 0 Å². The number of rotatable bonds is 2. The lowest BCUT2D eigenvalue weighted by Gasteiger charge is -2.26. The Labute approximate surface area is 138 Å². The molecule has 3 aromatic rings. The molecule has 6 heteroatoms. The molecule has 23 heavy (non-hydrogen) atoms. The molecule has 3 heterocycles. The number of halogens is 1. The lowest BCUT2D eigenvalue weighted by molar-refractivity contribution is 0.122. The summed E-state index contributed by atoms with van der Waals surface area (Å²) >= 11 is 6.20. The molecule has 0 atom stereocenters. The lowest BCUT2D eigenvalue weighted by Crippen LogP contribution is -2.37. The van der Waals surface area contributed by atoms with E-state index in [0.717, 1.165) is 41.1 Å². The first-order valence-electron chi connectivity index (χ1n) is 7.52. The standard InChI is InChI=1S/C17H15ClN4O/c18-16-13-4-2-1-3-12(13)14(11-20-16)15-5-6-19-17(21-15)22-7-9-23-10-8-22/h1-6,11H,7-10H2. The van der Waals surface area contributed by atoms with Crippen LogP contribution in [0.1, 0.15) is 0 Å². The summed E-state index contributed by atoms with van der Waals surface area (Å²) in [6.45, 7) is 3.03. The summed E-state index contributed by atoms with van der Waals surface area (Å²) in [7, 11) is 0. The summed E-state index contributed by atoms with van der Waals surface area (Å²) in [5.41, 5.74) is 1.81. The molecule has 0 amide bonds. The van der Waals surface area contributed by atoms with Crippen molar-refractivity contribution >= 4 is 28.3 Å². The predicted molar refractivity (Wildman–Crippen MR) is 90.8 cm³/mol. The molecule has 0 aliphatic carbocycles. The number of hydrogen-bond acceptors (Lipinski definition) is 5. The molecule has 4 rings (SSSR count). The van der Waals surface area contributed by atoms with Crippen LogP contribution in [0.4, 0.5) is 5.95 Å². The van der Waals surface area contributed by atoms with Gasteiger partial charge in [0.25, 0.3) is 0 Å². The molecular weight excluding hydrogens is 312 g/mol. The fourth-order valence-electron chi connectivity index (χ4n) is 2.78. The number of morpholine rings is 1. The fourth-order valence-corrected chi connectivity index (χ4v) is 2.99. The quantitative estimate of drug-likeness (QED) is 0.677. The maximum Gasteiger partial charge on any atom is 0.226 e. The number of anilines is 1. The van der Waals surface area contributed by atoms with E-state index in [4.69, 9.17) is 21.3 Å². The van der Waals surface area contributed by atoms with E-state index >= 15 is 0 Å². The van der Waals surface area contributed by atoms with E-state index in [1.807, 2.05) is 30.3 Å². The normalized spacial score (nSPS) is 15.1. The van der Waals surface area contributed by atoms with Gasteiger partial charge in [0.2, 0.25) is 5.95 Å². The Kier molecular flexibility index (Phi) is 3.81. The lowest BCUT2D eigenvalue weighted by atomic mass is 10.1. The largest absolute Gasteiger partial charge is 0.378 e. The van der Waals surface area contributed by atoms with Gasteiger partial charge in [0.1, 0.15) is 5.15 Å². The van der Waals surface area contributed by atoms with Gasteiger partial charge >= 0.3 is 0 Å². The molecular formula is C17H15ClN4O. The Morgan fingerprint density at radius 2 is 1.78 bits per heavy atom. The monoisotopic (exact) mass is 326 g/mol. The summed E-state index contributed by atoms with van der Waals surface area (Å²) in [4.78, 5) is 15.6. The molecule has 1 aromatic carbocycles. The van der Waals surface area contributed by atoms with Gasteiger partial charge < -0.3 is 9.64 Å². The van der Waals surface area contributed by atoms with Gasteiger partial charge in [0.05, 0.1) is 18.9 Å². The molecule has 5 nitrogen and oxygen atoms in total. The number of benzene rings is 1. The Balaban J connectivity index is 1.80. The first-order valence-corrected chi connectivity index (χ1v) is 7.90. The van der Waals surface area contributed by atoms with Crippen LogP contribution in [-0.2, 0) is 4.74 Å². The van der Waals surface area contributed by atoms with Crippen molar-refractivity contribution < 1.29 is 4.74 Å². The molecule has 116 valence electrons. The average molecular weight is 327 g/mol. The predicted octanol–water partition coefficient (Wildman–Crippen LogP) is 3.18. The number of aromatic nitrogens is 3. The van der Waals surface area contributed by atoms with Crippen LogP contribution in [0.25, 0.3) is 22.0 Å². The second kappa shape index (κ2) is 6.10. The molecule has 0 spiro atoms. The first kappa shape index (κ1) is 14.4. The van der Waals surface area contributed by atoms with Crippen LogP contribution in [-0.4, -0.2) is 41.3 Å².